The summed E-state index contributed by atoms with van der Waals surface area (Å²) in [7, 11) is 1.83. The number of hydrogen-bond acceptors (Lipinski definition) is 3. The zero-order valence-corrected chi connectivity index (χ0v) is 13.5. The van der Waals surface area contributed by atoms with Crippen LogP contribution in [0.3, 0.4) is 0 Å². The zero-order chi connectivity index (χ0) is 18.3. The molecule has 0 N–H and O–H groups in total. The monoisotopic (exact) mass is 357 g/mol. The van der Waals surface area contributed by atoms with Crippen LogP contribution in [-0.2, 0) is 13.2 Å². The van der Waals surface area contributed by atoms with Crippen molar-refractivity contribution in [2.75, 3.05) is 0 Å². The van der Waals surface area contributed by atoms with E-state index >= 15 is 0 Å². The second kappa shape index (κ2) is 5.91. The first-order valence-corrected chi connectivity index (χ1v) is 7.63. The van der Waals surface area contributed by atoms with E-state index in [1.807, 2.05) is 7.05 Å². The first-order chi connectivity index (χ1) is 12.4. The summed E-state index contributed by atoms with van der Waals surface area (Å²) in [5, 5.41) is 4.16. The van der Waals surface area contributed by atoms with Gasteiger partial charge in [0.1, 0.15) is 11.3 Å². The molecular weight excluding hydrogens is 345 g/mol. The Balaban J connectivity index is 1.84. The second-order valence-electron chi connectivity index (χ2n) is 5.70. The van der Waals surface area contributed by atoms with Gasteiger partial charge in [0.05, 0.1) is 23.8 Å². The molecule has 0 aliphatic rings. The second-order valence-corrected chi connectivity index (χ2v) is 5.70. The fourth-order valence-corrected chi connectivity index (χ4v) is 2.63. The van der Waals surface area contributed by atoms with E-state index in [2.05, 4.69) is 16.1 Å². The van der Waals surface area contributed by atoms with Crippen LogP contribution in [-0.4, -0.2) is 19.2 Å². The predicted molar refractivity (Wildman–Crippen MR) is 87.7 cm³/mol. The smallest absolute Gasteiger partial charge is 0.420 e. The number of pyridine rings is 1. The van der Waals surface area contributed by atoms with Crippen LogP contribution >= 0.6 is 0 Å². The highest BCUT2D eigenvalue weighted by Gasteiger charge is 2.34. The summed E-state index contributed by atoms with van der Waals surface area (Å²) in [5.74, 6) is -0.0418. The SMILES string of the molecule is Cn1cnc(-c2cc(Oc3cc[c]cc3C(F)(F)F)c3ccnn3c2)c1. The molecule has 0 amide bonds. The van der Waals surface area contributed by atoms with Gasteiger partial charge in [-0.25, -0.2) is 9.50 Å². The van der Waals surface area contributed by atoms with E-state index in [4.69, 9.17) is 4.74 Å². The van der Waals surface area contributed by atoms with Crippen molar-refractivity contribution in [3.8, 4) is 22.8 Å². The fourth-order valence-electron chi connectivity index (χ4n) is 2.63. The van der Waals surface area contributed by atoms with Crippen LogP contribution in [0.15, 0.2) is 55.2 Å². The summed E-state index contributed by atoms with van der Waals surface area (Å²) in [6.45, 7) is 0. The van der Waals surface area contributed by atoms with E-state index in [0.29, 0.717) is 16.8 Å². The lowest BCUT2D eigenvalue weighted by molar-refractivity contribution is -0.138. The van der Waals surface area contributed by atoms with E-state index in [-0.39, 0.29) is 11.5 Å². The summed E-state index contributed by atoms with van der Waals surface area (Å²) in [5.41, 5.74) is 0.992. The molecule has 4 aromatic rings. The molecule has 0 aliphatic carbocycles. The topological polar surface area (TPSA) is 44.3 Å². The Morgan fingerprint density at radius 1 is 1.15 bits per heavy atom. The van der Waals surface area contributed by atoms with Crippen molar-refractivity contribution < 1.29 is 17.9 Å². The zero-order valence-electron chi connectivity index (χ0n) is 13.5. The molecule has 0 spiro atoms. The molecule has 4 rings (SSSR count). The third-order valence-corrected chi connectivity index (χ3v) is 3.82. The molecule has 26 heavy (non-hydrogen) atoms. The van der Waals surface area contributed by atoms with Crippen molar-refractivity contribution in [2.45, 2.75) is 6.18 Å². The lowest BCUT2D eigenvalue weighted by Crippen LogP contribution is -2.07. The number of fused-ring (bicyclic) bond motifs is 1. The molecule has 0 atom stereocenters. The van der Waals surface area contributed by atoms with Crippen molar-refractivity contribution in [2.24, 2.45) is 7.05 Å². The summed E-state index contributed by atoms with van der Waals surface area (Å²) < 4.78 is 48.6. The minimum Gasteiger partial charge on any atom is -0.454 e. The van der Waals surface area contributed by atoms with Gasteiger partial charge in [0, 0.05) is 25.0 Å². The number of nitrogens with zero attached hydrogens (tertiary/aromatic N) is 4. The van der Waals surface area contributed by atoms with Crippen molar-refractivity contribution >= 4 is 5.52 Å². The number of aryl methyl sites for hydroxylation is 1. The molecule has 0 bridgehead atoms. The molecule has 0 saturated heterocycles. The molecule has 3 aromatic heterocycles. The maximum atomic E-state index is 13.2. The van der Waals surface area contributed by atoms with Crippen LogP contribution in [0.1, 0.15) is 5.56 Å². The molecule has 131 valence electrons. The summed E-state index contributed by atoms with van der Waals surface area (Å²) in [6, 6.07) is 9.23. The van der Waals surface area contributed by atoms with Crippen LogP contribution < -0.4 is 4.74 Å². The van der Waals surface area contributed by atoms with E-state index in [9.17, 15) is 13.2 Å². The summed E-state index contributed by atoms with van der Waals surface area (Å²) >= 11 is 0. The maximum Gasteiger partial charge on any atom is 0.420 e. The molecular formula is C18H12F3N4O. The third-order valence-electron chi connectivity index (χ3n) is 3.82. The Morgan fingerprint density at radius 2 is 2.00 bits per heavy atom. The first kappa shape index (κ1) is 16.2. The molecule has 0 saturated carbocycles. The number of aromatic nitrogens is 4. The molecule has 3 heterocycles. The number of ether oxygens (including phenoxy) is 1. The normalized spacial score (nSPS) is 11.8. The van der Waals surface area contributed by atoms with Gasteiger partial charge in [-0.3, -0.25) is 0 Å². The molecule has 0 aliphatic heterocycles. The molecule has 0 unspecified atom stereocenters. The Labute approximate surface area is 146 Å². The molecule has 5 nitrogen and oxygen atoms in total. The largest absolute Gasteiger partial charge is 0.454 e. The van der Waals surface area contributed by atoms with Gasteiger partial charge in [0.25, 0.3) is 0 Å². The van der Waals surface area contributed by atoms with E-state index in [0.717, 1.165) is 6.07 Å². The number of benzene rings is 1. The molecule has 8 heteroatoms. The van der Waals surface area contributed by atoms with Crippen molar-refractivity contribution in [3.05, 3.63) is 66.9 Å². The number of alkyl halides is 3. The van der Waals surface area contributed by atoms with E-state index in [1.165, 1.54) is 12.1 Å². The van der Waals surface area contributed by atoms with Gasteiger partial charge in [-0.1, -0.05) is 6.07 Å². The Morgan fingerprint density at radius 3 is 2.73 bits per heavy atom. The Kier molecular flexibility index (Phi) is 3.68. The lowest BCUT2D eigenvalue weighted by Gasteiger charge is -2.14. The van der Waals surface area contributed by atoms with Crippen LogP contribution in [0, 0.1) is 6.07 Å². The van der Waals surface area contributed by atoms with Gasteiger partial charge < -0.3 is 9.30 Å². The minimum atomic E-state index is -4.54. The minimum absolute atomic E-state index is 0.252. The number of imidazole rings is 1. The predicted octanol–water partition coefficient (Wildman–Crippen LogP) is 4.35. The summed E-state index contributed by atoms with van der Waals surface area (Å²) in [6.07, 6.45) is 2.19. The van der Waals surface area contributed by atoms with Gasteiger partial charge in [-0.15, -0.1) is 0 Å². The van der Waals surface area contributed by atoms with Crippen LogP contribution in [0.5, 0.6) is 11.5 Å². The van der Waals surface area contributed by atoms with Crippen molar-refractivity contribution in [1.29, 1.82) is 0 Å². The Hall–Kier alpha value is -3.29. The number of rotatable bonds is 3. The highest BCUT2D eigenvalue weighted by Crippen LogP contribution is 2.39. The average Bonchev–Trinajstić information content (AvgIpc) is 3.23. The number of halogens is 3. The van der Waals surface area contributed by atoms with Crippen LogP contribution in [0.2, 0.25) is 0 Å². The first-order valence-electron chi connectivity index (χ1n) is 7.63. The van der Waals surface area contributed by atoms with Gasteiger partial charge in [0.2, 0.25) is 0 Å². The highest BCUT2D eigenvalue weighted by molar-refractivity contribution is 5.69. The van der Waals surface area contributed by atoms with Gasteiger partial charge in [-0.05, 0) is 30.3 Å². The fraction of sp³-hybridized carbons (Fsp3) is 0.111. The van der Waals surface area contributed by atoms with E-state index < -0.39 is 11.7 Å². The van der Waals surface area contributed by atoms with Gasteiger partial charge >= 0.3 is 6.18 Å². The molecule has 1 radical (unpaired) electrons. The van der Waals surface area contributed by atoms with Crippen LogP contribution in [0.4, 0.5) is 13.2 Å². The number of hydrogen-bond donors (Lipinski definition) is 0. The quantitative estimate of drug-likeness (QED) is 0.548. The third kappa shape index (κ3) is 2.90. The lowest BCUT2D eigenvalue weighted by atomic mass is 10.2. The van der Waals surface area contributed by atoms with Crippen LogP contribution in [0.25, 0.3) is 16.8 Å². The van der Waals surface area contributed by atoms with Crippen molar-refractivity contribution in [3.63, 3.8) is 0 Å². The van der Waals surface area contributed by atoms with Gasteiger partial charge in [0.15, 0.2) is 5.75 Å². The summed E-state index contributed by atoms with van der Waals surface area (Å²) in [4.78, 5) is 4.26. The highest BCUT2D eigenvalue weighted by atomic mass is 19.4. The van der Waals surface area contributed by atoms with Gasteiger partial charge in [-0.2, -0.15) is 18.3 Å². The van der Waals surface area contributed by atoms with Crippen molar-refractivity contribution in [1.82, 2.24) is 19.2 Å². The standard InChI is InChI=1S/C18H12F3N4O/c1-24-10-14(22-11-24)12-8-17(15-6-7-23-25(15)9-12)26-16-5-3-2-4-13(16)18(19,20)21/h3-11H,1H3. The van der Waals surface area contributed by atoms with E-state index in [1.54, 1.807) is 46.1 Å². The Bertz CT molecular complexity index is 1080. The molecule has 0 fully saturated rings. The average molecular weight is 357 g/mol. The molecule has 1 aromatic carbocycles. The maximum absolute atomic E-state index is 13.2.